The van der Waals surface area contributed by atoms with Gasteiger partial charge in [0.25, 0.3) is 0 Å². The molecule has 14 heavy (non-hydrogen) atoms. The Kier molecular flexibility index (Phi) is 3.59. The van der Waals surface area contributed by atoms with Crippen LogP contribution in [0.5, 0.6) is 0 Å². The van der Waals surface area contributed by atoms with Gasteiger partial charge in [-0.2, -0.15) is 0 Å². The molecular weight excluding hydrogens is 180 g/mol. The van der Waals surface area contributed by atoms with Gasteiger partial charge in [-0.05, 0) is 19.7 Å². The van der Waals surface area contributed by atoms with Crippen LogP contribution in [0, 0.1) is 10.1 Å². The van der Waals surface area contributed by atoms with Gasteiger partial charge in [0.15, 0.2) is 0 Å². The van der Waals surface area contributed by atoms with Crippen LogP contribution >= 0.6 is 0 Å². The van der Waals surface area contributed by atoms with Gasteiger partial charge < -0.3 is 0 Å². The lowest BCUT2D eigenvalue weighted by Gasteiger charge is -2.20. The Hall–Kier alpha value is -1.42. The van der Waals surface area contributed by atoms with Crippen molar-refractivity contribution in [2.45, 2.75) is 6.04 Å². The molecule has 0 N–H and O–H groups in total. The molecule has 1 aromatic carbocycles. The molecule has 0 fully saturated rings. The highest BCUT2D eigenvalue weighted by Gasteiger charge is 2.19. The van der Waals surface area contributed by atoms with Crippen molar-refractivity contribution in [1.82, 2.24) is 4.90 Å². The smallest absolute Gasteiger partial charge is 0.223 e. The first kappa shape index (κ1) is 10.7. The Balaban J connectivity index is 2.83. The first-order valence-corrected chi connectivity index (χ1v) is 4.44. The molecular formula is C10H14N2O2. The van der Waals surface area contributed by atoms with Crippen LogP contribution in [0.3, 0.4) is 0 Å². The van der Waals surface area contributed by atoms with E-state index in [0.29, 0.717) is 0 Å². The van der Waals surface area contributed by atoms with Gasteiger partial charge in [0.1, 0.15) is 0 Å². The minimum absolute atomic E-state index is 0.0585. The van der Waals surface area contributed by atoms with E-state index in [-0.39, 0.29) is 17.5 Å². The van der Waals surface area contributed by atoms with Gasteiger partial charge in [-0.1, -0.05) is 30.3 Å². The summed E-state index contributed by atoms with van der Waals surface area (Å²) in [5.74, 6) is 0. The minimum atomic E-state index is -0.280. The van der Waals surface area contributed by atoms with Crippen molar-refractivity contribution in [2.24, 2.45) is 0 Å². The molecule has 0 heterocycles. The van der Waals surface area contributed by atoms with Crippen LogP contribution in [-0.2, 0) is 0 Å². The van der Waals surface area contributed by atoms with E-state index in [4.69, 9.17) is 0 Å². The molecule has 0 saturated heterocycles. The van der Waals surface area contributed by atoms with Gasteiger partial charge in [0.2, 0.25) is 6.54 Å². The predicted molar refractivity (Wildman–Crippen MR) is 54.7 cm³/mol. The van der Waals surface area contributed by atoms with Gasteiger partial charge in [-0.15, -0.1) is 0 Å². The number of hydrogen-bond acceptors (Lipinski definition) is 3. The van der Waals surface area contributed by atoms with Crippen LogP contribution in [0.1, 0.15) is 11.6 Å². The second kappa shape index (κ2) is 4.72. The summed E-state index contributed by atoms with van der Waals surface area (Å²) in [6.45, 7) is -0.0585. The quantitative estimate of drug-likeness (QED) is 0.540. The zero-order valence-electron chi connectivity index (χ0n) is 8.38. The van der Waals surface area contributed by atoms with E-state index in [1.165, 1.54) is 0 Å². The molecule has 0 aliphatic heterocycles. The van der Waals surface area contributed by atoms with Gasteiger partial charge >= 0.3 is 0 Å². The number of hydrogen-bond donors (Lipinski definition) is 0. The van der Waals surface area contributed by atoms with E-state index in [0.717, 1.165) is 5.56 Å². The third kappa shape index (κ3) is 2.81. The van der Waals surface area contributed by atoms with E-state index in [1.54, 1.807) is 0 Å². The number of nitro groups is 1. The first-order chi connectivity index (χ1) is 6.61. The van der Waals surface area contributed by atoms with Crippen LogP contribution in [0.2, 0.25) is 0 Å². The van der Waals surface area contributed by atoms with E-state index < -0.39 is 0 Å². The van der Waals surface area contributed by atoms with Gasteiger partial charge in [-0.3, -0.25) is 15.0 Å². The van der Waals surface area contributed by atoms with Crippen LogP contribution in [0.15, 0.2) is 30.3 Å². The summed E-state index contributed by atoms with van der Waals surface area (Å²) < 4.78 is 0. The van der Waals surface area contributed by atoms with Gasteiger partial charge in [-0.25, -0.2) is 0 Å². The highest BCUT2D eigenvalue weighted by molar-refractivity contribution is 5.18. The molecule has 0 amide bonds. The van der Waals surface area contributed by atoms with Gasteiger partial charge in [0, 0.05) is 4.92 Å². The maximum absolute atomic E-state index is 10.5. The molecule has 1 unspecified atom stereocenters. The third-order valence-corrected chi connectivity index (χ3v) is 2.13. The second-order valence-electron chi connectivity index (χ2n) is 3.41. The fraction of sp³-hybridized carbons (Fsp3) is 0.400. The molecule has 1 rings (SSSR count). The number of nitrogens with zero attached hydrogens (tertiary/aromatic N) is 2. The predicted octanol–water partition coefficient (Wildman–Crippen LogP) is 1.57. The van der Waals surface area contributed by atoms with E-state index >= 15 is 0 Å². The third-order valence-electron chi connectivity index (χ3n) is 2.13. The molecule has 76 valence electrons. The maximum atomic E-state index is 10.5. The summed E-state index contributed by atoms with van der Waals surface area (Å²) in [5, 5.41) is 10.5. The van der Waals surface area contributed by atoms with Crippen molar-refractivity contribution >= 4 is 0 Å². The molecule has 0 spiro atoms. The Bertz CT molecular complexity index is 298. The standard InChI is InChI=1S/C10H14N2O2/c1-11(2)10(8-12(13)14)9-6-4-3-5-7-9/h3-7,10H,8H2,1-2H3. The van der Waals surface area contributed by atoms with Crippen LogP contribution in [0.4, 0.5) is 0 Å². The molecule has 0 radical (unpaired) electrons. The molecule has 1 aromatic rings. The summed E-state index contributed by atoms with van der Waals surface area (Å²) in [6.07, 6.45) is 0. The fourth-order valence-corrected chi connectivity index (χ4v) is 1.38. The second-order valence-corrected chi connectivity index (χ2v) is 3.41. The zero-order valence-corrected chi connectivity index (χ0v) is 8.38. The maximum Gasteiger partial charge on any atom is 0.223 e. The van der Waals surface area contributed by atoms with E-state index in [9.17, 15) is 10.1 Å². The SMILES string of the molecule is CN(C)C(C[N+](=O)[O-])c1ccccc1. The molecule has 4 nitrogen and oxygen atoms in total. The lowest BCUT2D eigenvalue weighted by Crippen LogP contribution is -2.26. The van der Waals surface area contributed by atoms with Crippen LogP contribution < -0.4 is 0 Å². The van der Waals surface area contributed by atoms with Gasteiger partial charge in [0.05, 0.1) is 6.04 Å². The highest BCUT2D eigenvalue weighted by atomic mass is 16.6. The Morgan fingerprint density at radius 2 is 1.93 bits per heavy atom. The molecule has 0 aliphatic rings. The Labute approximate surface area is 83.3 Å². The fourth-order valence-electron chi connectivity index (χ4n) is 1.38. The molecule has 0 aliphatic carbocycles. The van der Waals surface area contributed by atoms with E-state index in [1.807, 2.05) is 49.3 Å². The summed E-state index contributed by atoms with van der Waals surface area (Å²) in [5.41, 5.74) is 0.981. The average Bonchev–Trinajstić information content (AvgIpc) is 2.15. The van der Waals surface area contributed by atoms with Crippen molar-refractivity contribution in [2.75, 3.05) is 20.6 Å². The molecule has 0 saturated carbocycles. The van der Waals surface area contributed by atoms with Crippen molar-refractivity contribution < 1.29 is 4.92 Å². The lowest BCUT2D eigenvalue weighted by molar-refractivity contribution is -0.487. The number of rotatable bonds is 4. The van der Waals surface area contributed by atoms with Crippen molar-refractivity contribution in [3.63, 3.8) is 0 Å². The minimum Gasteiger partial charge on any atom is -0.297 e. The summed E-state index contributed by atoms with van der Waals surface area (Å²) >= 11 is 0. The molecule has 4 heteroatoms. The van der Waals surface area contributed by atoms with Crippen molar-refractivity contribution in [1.29, 1.82) is 0 Å². The van der Waals surface area contributed by atoms with Crippen molar-refractivity contribution in [3.8, 4) is 0 Å². The Morgan fingerprint density at radius 1 is 1.36 bits per heavy atom. The van der Waals surface area contributed by atoms with Crippen molar-refractivity contribution in [3.05, 3.63) is 46.0 Å². The molecule has 1 atom stereocenters. The Morgan fingerprint density at radius 3 is 2.36 bits per heavy atom. The average molecular weight is 194 g/mol. The summed E-state index contributed by atoms with van der Waals surface area (Å²) in [7, 11) is 3.70. The first-order valence-electron chi connectivity index (χ1n) is 4.44. The summed E-state index contributed by atoms with van der Waals surface area (Å²) in [6, 6.07) is 9.37. The van der Waals surface area contributed by atoms with Crippen LogP contribution in [0.25, 0.3) is 0 Å². The topological polar surface area (TPSA) is 46.4 Å². The highest BCUT2D eigenvalue weighted by Crippen LogP contribution is 2.17. The lowest BCUT2D eigenvalue weighted by atomic mass is 10.1. The van der Waals surface area contributed by atoms with Crippen LogP contribution in [-0.4, -0.2) is 30.5 Å². The molecule has 0 aromatic heterocycles. The summed E-state index contributed by atoms with van der Waals surface area (Å²) in [4.78, 5) is 12.0. The largest absolute Gasteiger partial charge is 0.297 e. The zero-order chi connectivity index (χ0) is 10.6. The molecule has 0 bridgehead atoms. The monoisotopic (exact) mass is 194 g/mol. The normalized spacial score (nSPS) is 12.8. The van der Waals surface area contributed by atoms with E-state index in [2.05, 4.69) is 0 Å². The number of benzene rings is 1. The number of likely N-dealkylation sites (N-methyl/N-ethyl adjacent to an activating group) is 1.